The minimum absolute atomic E-state index is 0.878. The molecule has 51 heavy (non-hydrogen) atoms. The van der Waals surface area contributed by atoms with E-state index in [1.807, 2.05) is 0 Å². The zero-order chi connectivity index (χ0) is 33.5. The molecule has 0 saturated heterocycles. The van der Waals surface area contributed by atoms with Crippen LogP contribution in [-0.4, -0.2) is 9.13 Å². The van der Waals surface area contributed by atoms with Gasteiger partial charge in [0.05, 0.1) is 27.8 Å². The largest absolute Gasteiger partial charge is 0.454 e. The molecular weight excluding hydrogens is 621 g/mol. The van der Waals surface area contributed by atoms with Gasteiger partial charge in [-0.15, -0.1) is 0 Å². The maximum absolute atomic E-state index is 6.77. The number of para-hydroxylation sites is 4. The normalized spacial score (nSPS) is 11.9. The quantitative estimate of drug-likeness (QED) is 0.186. The summed E-state index contributed by atoms with van der Waals surface area (Å²) in [6.45, 7) is 0. The summed E-state index contributed by atoms with van der Waals surface area (Å²) in [7, 11) is 0. The molecule has 0 atom stereocenters. The van der Waals surface area contributed by atoms with Gasteiger partial charge in [0.15, 0.2) is 5.58 Å². The number of nitrogens with zero attached hydrogens (tertiary/aromatic N) is 2. The van der Waals surface area contributed by atoms with Gasteiger partial charge in [0.2, 0.25) is 0 Å². The molecule has 0 N–H and O–H groups in total. The predicted molar refractivity (Wildman–Crippen MR) is 213 cm³/mol. The Morgan fingerprint density at radius 1 is 0.314 bits per heavy atom. The van der Waals surface area contributed by atoms with E-state index in [1.54, 1.807) is 0 Å². The van der Waals surface area contributed by atoms with Crippen molar-refractivity contribution in [2.45, 2.75) is 0 Å². The van der Waals surface area contributed by atoms with Crippen LogP contribution in [0.4, 0.5) is 0 Å². The van der Waals surface area contributed by atoms with Crippen LogP contribution in [0, 0.1) is 0 Å². The van der Waals surface area contributed by atoms with E-state index in [4.69, 9.17) is 4.42 Å². The number of benzene rings is 8. The fourth-order valence-electron chi connectivity index (χ4n) is 8.21. The summed E-state index contributed by atoms with van der Waals surface area (Å²) in [6.07, 6.45) is 0. The zero-order valence-electron chi connectivity index (χ0n) is 27.6. The lowest BCUT2D eigenvalue weighted by Gasteiger charge is -2.10. The minimum Gasteiger partial charge on any atom is -0.454 e. The average Bonchev–Trinajstić information content (AvgIpc) is 3.85. The third-order valence-electron chi connectivity index (χ3n) is 10.5. The highest BCUT2D eigenvalue weighted by molar-refractivity contribution is 6.14. The maximum Gasteiger partial charge on any atom is 0.159 e. The van der Waals surface area contributed by atoms with Crippen molar-refractivity contribution in [3.8, 4) is 33.6 Å². The van der Waals surface area contributed by atoms with Crippen LogP contribution in [0.1, 0.15) is 0 Å². The van der Waals surface area contributed by atoms with Crippen LogP contribution in [0.25, 0.3) is 99.2 Å². The van der Waals surface area contributed by atoms with Crippen LogP contribution in [-0.2, 0) is 0 Å². The molecule has 3 nitrogen and oxygen atoms in total. The summed E-state index contributed by atoms with van der Waals surface area (Å²) < 4.78 is 11.5. The molecule has 0 fully saturated rings. The summed E-state index contributed by atoms with van der Waals surface area (Å²) in [5, 5.41) is 7.15. The Morgan fingerprint density at radius 3 is 1.61 bits per heavy atom. The number of aromatic nitrogens is 2. The Bertz CT molecular complexity index is 3090. The van der Waals surface area contributed by atoms with Crippen LogP contribution < -0.4 is 0 Å². The van der Waals surface area contributed by atoms with Gasteiger partial charge in [0.1, 0.15) is 5.58 Å². The summed E-state index contributed by atoms with van der Waals surface area (Å²) in [5.41, 5.74) is 13.5. The van der Waals surface area contributed by atoms with E-state index < -0.39 is 0 Å². The molecule has 0 unspecified atom stereocenters. The van der Waals surface area contributed by atoms with Gasteiger partial charge in [-0.05, 0) is 82.9 Å². The van der Waals surface area contributed by atoms with Gasteiger partial charge >= 0.3 is 0 Å². The van der Waals surface area contributed by atoms with Crippen LogP contribution in [0.15, 0.2) is 186 Å². The minimum atomic E-state index is 0.878. The second-order valence-electron chi connectivity index (χ2n) is 13.3. The van der Waals surface area contributed by atoms with Gasteiger partial charge < -0.3 is 13.6 Å². The average molecular weight is 651 g/mol. The number of furan rings is 1. The Labute approximate surface area is 293 Å². The molecule has 0 aliphatic rings. The fraction of sp³-hybridized carbons (Fsp3) is 0. The van der Waals surface area contributed by atoms with Gasteiger partial charge in [-0.25, -0.2) is 0 Å². The van der Waals surface area contributed by atoms with Crippen LogP contribution in [0.3, 0.4) is 0 Å². The van der Waals surface area contributed by atoms with Crippen molar-refractivity contribution in [2.24, 2.45) is 0 Å². The molecular formula is C48H30N2O. The van der Waals surface area contributed by atoms with Crippen molar-refractivity contribution < 1.29 is 4.42 Å². The Hall–Kier alpha value is -6.84. The number of hydrogen-bond acceptors (Lipinski definition) is 1. The van der Waals surface area contributed by atoms with Gasteiger partial charge in [-0.1, -0.05) is 121 Å². The summed E-state index contributed by atoms with van der Waals surface area (Å²) in [4.78, 5) is 0. The topological polar surface area (TPSA) is 23.0 Å². The van der Waals surface area contributed by atoms with Crippen molar-refractivity contribution in [1.29, 1.82) is 0 Å². The molecule has 0 spiro atoms. The Balaban J connectivity index is 1.10. The molecule has 0 amide bonds. The SMILES string of the molecule is c1ccc(-c2cccc(-c3ccc4c(c3)c3ccccc3n4-c3cccc4c3oc3ccc(-n5c6ccccc6c6ccccc65)cc34)c2)cc1. The lowest BCUT2D eigenvalue weighted by Crippen LogP contribution is -1.94. The van der Waals surface area contributed by atoms with E-state index in [0.717, 1.165) is 44.3 Å². The highest BCUT2D eigenvalue weighted by Crippen LogP contribution is 2.41. The summed E-state index contributed by atoms with van der Waals surface area (Å²) >= 11 is 0. The molecule has 3 heterocycles. The third-order valence-corrected chi connectivity index (χ3v) is 10.5. The monoisotopic (exact) mass is 650 g/mol. The first-order valence-electron chi connectivity index (χ1n) is 17.4. The first kappa shape index (κ1) is 28.0. The van der Waals surface area contributed by atoms with Crippen molar-refractivity contribution in [2.75, 3.05) is 0 Å². The molecule has 11 aromatic rings. The van der Waals surface area contributed by atoms with Crippen LogP contribution in [0.5, 0.6) is 0 Å². The second kappa shape index (κ2) is 10.8. The molecule has 11 rings (SSSR count). The summed E-state index contributed by atoms with van der Waals surface area (Å²) in [6, 6.07) is 65.4. The lowest BCUT2D eigenvalue weighted by molar-refractivity contribution is 0.666. The smallest absolute Gasteiger partial charge is 0.159 e. The predicted octanol–water partition coefficient (Wildman–Crippen LogP) is 13.1. The second-order valence-corrected chi connectivity index (χ2v) is 13.3. The molecule has 0 aliphatic carbocycles. The number of fused-ring (bicyclic) bond motifs is 9. The lowest BCUT2D eigenvalue weighted by atomic mass is 9.98. The van der Waals surface area contributed by atoms with Crippen LogP contribution in [0.2, 0.25) is 0 Å². The molecule has 8 aromatic carbocycles. The van der Waals surface area contributed by atoms with Crippen molar-refractivity contribution in [1.82, 2.24) is 9.13 Å². The molecule has 0 radical (unpaired) electrons. The van der Waals surface area contributed by atoms with E-state index in [1.165, 1.54) is 54.8 Å². The van der Waals surface area contributed by atoms with Crippen LogP contribution >= 0.6 is 0 Å². The molecule has 3 aromatic heterocycles. The zero-order valence-corrected chi connectivity index (χ0v) is 27.6. The van der Waals surface area contributed by atoms with E-state index in [-0.39, 0.29) is 0 Å². The first-order valence-corrected chi connectivity index (χ1v) is 17.4. The Kier molecular flexibility index (Phi) is 5.96. The third kappa shape index (κ3) is 4.19. The van der Waals surface area contributed by atoms with E-state index in [0.29, 0.717) is 0 Å². The van der Waals surface area contributed by atoms with E-state index in [2.05, 4.69) is 191 Å². The van der Waals surface area contributed by atoms with E-state index in [9.17, 15) is 0 Å². The molecule has 0 saturated carbocycles. The molecule has 0 bridgehead atoms. The van der Waals surface area contributed by atoms with Crippen molar-refractivity contribution in [3.05, 3.63) is 182 Å². The molecule has 0 aliphatic heterocycles. The van der Waals surface area contributed by atoms with Gasteiger partial charge in [-0.3, -0.25) is 0 Å². The molecule has 3 heteroatoms. The van der Waals surface area contributed by atoms with E-state index >= 15 is 0 Å². The van der Waals surface area contributed by atoms with Gasteiger partial charge in [0.25, 0.3) is 0 Å². The van der Waals surface area contributed by atoms with Gasteiger partial charge in [-0.2, -0.15) is 0 Å². The Morgan fingerprint density at radius 2 is 0.863 bits per heavy atom. The molecule has 238 valence electrons. The highest BCUT2D eigenvalue weighted by Gasteiger charge is 2.19. The fourth-order valence-corrected chi connectivity index (χ4v) is 8.21. The van der Waals surface area contributed by atoms with Gasteiger partial charge in [0, 0.05) is 38.0 Å². The van der Waals surface area contributed by atoms with Crippen molar-refractivity contribution in [3.63, 3.8) is 0 Å². The first-order chi connectivity index (χ1) is 25.3. The number of hydrogen-bond donors (Lipinski definition) is 0. The summed E-state index contributed by atoms with van der Waals surface area (Å²) in [5.74, 6) is 0. The van der Waals surface area contributed by atoms with Crippen molar-refractivity contribution >= 4 is 65.6 Å². The number of rotatable bonds is 4. The highest BCUT2D eigenvalue weighted by atomic mass is 16.3. The standard InChI is InChI=1S/C48H30N2O/c1-2-12-31(13-3-1)32-14-10-15-33(28-32)34-24-26-45-40(29-34)38-18-6-9-22-44(38)50(45)46-23-11-19-39-41-30-35(25-27-47(41)51-48(39)46)49-42-20-7-4-16-36(42)37-17-5-8-21-43(37)49/h1-30H. The maximum atomic E-state index is 6.77.